The van der Waals surface area contributed by atoms with E-state index in [1.807, 2.05) is 59.5 Å². The number of fused-ring (bicyclic) bond motifs is 1. The van der Waals surface area contributed by atoms with Crippen LogP contribution in [-0.2, 0) is 21.4 Å². The molecule has 0 bridgehead atoms. The molecular weight excluding hydrogens is 426 g/mol. The van der Waals surface area contributed by atoms with Crippen molar-refractivity contribution in [3.63, 3.8) is 0 Å². The summed E-state index contributed by atoms with van der Waals surface area (Å²) < 4.78 is 33.0. The van der Waals surface area contributed by atoms with Crippen molar-refractivity contribution in [2.45, 2.75) is 11.4 Å². The molecule has 168 valence electrons. The molecule has 1 amide bonds. The molecule has 0 saturated carbocycles. The Labute approximate surface area is 188 Å². The lowest BCUT2D eigenvalue weighted by Gasteiger charge is -2.33. The molecule has 3 aromatic carbocycles. The largest absolute Gasteiger partial charge is 0.496 e. The zero-order valence-electron chi connectivity index (χ0n) is 18.0. The smallest absolute Gasteiger partial charge is 0.243 e. The lowest BCUT2D eigenvalue weighted by molar-refractivity contribution is -0.122. The molecule has 32 heavy (non-hydrogen) atoms. The van der Waals surface area contributed by atoms with Crippen molar-refractivity contribution in [3.8, 4) is 5.75 Å². The second kappa shape index (κ2) is 9.68. The van der Waals surface area contributed by atoms with Crippen LogP contribution in [0, 0.1) is 0 Å². The highest BCUT2D eigenvalue weighted by molar-refractivity contribution is 7.89. The predicted octanol–water partition coefficient (Wildman–Crippen LogP) is 2.47. The van der Waals surface area contributed by atoms with Gasteiger partial charge in [-0.05, 0) is 29.0 Å². The number of amides is 1. The Morgan fingerprint density at radius 1 is 0.938 bits per heavy atom. The number of nitrogens with zero attached hydrogens (tertiary/aromatic N) is 2. The fourth-order valence-electron chi connectivity index (χ4n) is 3.91. The third-order valence-corrected chi connectivity index (χ3v) is 7.62. The molecule has 0 aromatic heterocycles. The van der Waals surface area contributed by atoms with Crippen LogP contribution in [0.4, 0.5) is 0 Å². The Hall–Kier alpha value is -2.94. The van der Waals surface area contributed by atoms with Gasteiger partial charge < -0.3 is 10.1 Å². The van der Waals surface area contributed by atoms with E-state index in [0.717, 1.165) is 22.1 Å². The fourth-order valence-corrected chi connectivity index (χ4v) is 5.36. The number of sulfonamides is 1. The molecule has 1 heterocycles. The summed E-state index contributed by atoms with van der Waals surface area (Å²) in [7, 11) is -1.96. The second-order valence-electron chi connectivity index (χ2n) is 7.78. The highest BCUT2D eigenvalue weighted by Crippen LogP contribution is 2.23. The lowest BCUT2D eigenvalue weighted by Crippen LogP contribution is -2.50. The summed E-state index contributed by atoms with van der Waals surface area (Å²) in [5, 5.41) is 4.82. The van der Waals surface area contributed by atoms with Gasteiger partial charge in [0.05, 0.1) is 18.6 Å². The number of rotatable bonds is 7. The summed E-state index contributed by atoms with van der Waals surface area (Å²) in [6.45, 7) is 2.35. The van der Waals surface area contributed by atoms with E-state index in [9.17, 15) is 13.2 Å². The maximum Gasteiger partial charge on any atom is 0.243 e. The molecule has 0 spiro atoms. The van der Waals surface area contributed by atoms with Gasteiger partial charge in [-0.2, -0.15) is 4.31 Å². The third kappa shape index (κ3) is 4.93. The van der Waals surface area contributed by atoms with Crippen molar-refractivity contribution in [1.29, 1.82) is 0 Å². The van der Waals surface area contributed by atoms with Crippen molar-refractivity contribution in [2.24, 2.45) is 0 Å². The van der Waals surface area contributed by atoms with E-state index >= 15 is 0 Å². The maximum atomic E-state index is 13.1. The van der Waals surface area contributed by atoms with E-state index in [2.05, 4.69) is 5.32 Å². The van der Waals surface area contributed by atoms with Gasteiger partial charge in [0.15, 0.2) is 0 Å². The normalized spacial score (nSPS) is 15.5. The maximum absolute atomic E-state index is 13.1. The summed E-state index contributed by atoms with van der Waals surface area (Å²) in [6, 6.07) is 20.5. The Morgan fingerprint density at radius 2 is 1.62 bits per heavy atom. The van der Waals surface area contributed by atoms with Gasteiger partial charge in [0.25, 0.3) is 0 Å². The van der Waals surface area contributed by atoms with Crippen LogP contribution in [0.25, 0.3) is 10.8 Å². The van der Waals surface area contributed by atoms with Crippen molar-refractivity contribution in [2.75, 3.05) is 39.8 Å². The van der Waals surface area contributed by atoms with Gasteiger partial charge in [0.1, 0.15) is 5.75 Å². The van der Waals surface area contributed by atoms with Gasteiger partial charge in [-0.1, -0.05) is 48.5 Å². The number of carbonyl (C=O) groups excluding carboxylic acids is 1. The van der Waals surface area contributed by atoms with Gasteiger partial charge in [-0.3, -0.25) is 9.69 Å². The Bertz CT molecular complexity index is 1200. The van der Waals surface area contributed by atoms with Gasteiger partial charge >= 0.3 is 0 Å². The van der Waals surface area contributed by atoms with Crippen LogP contribution in [0.1, 0.15) is 5.56 Å². The monoisotopic (exact) mass is 453 g/mol. The predicted molar refractivity (Wildman–Crippen MR) is 124 cm³/mol. The summed E-state index contributed by atoms with van der Waals surface area (Å²) in [4.78, 5) is 14.7. The molecule has 1 aliphatic rings. The number of para-hydroxylation sites is 1. The quantitative estimate of drug-likeness (QED) is 0.595. The molecular formula is C24H27N3O4S. The van der Waals surface area contributed by atoms with Gasteiger partial charge in [-0.25, -0.2) is 8.42 Å². The molecule has 4 rings (SSSR count). The number of benzene rings is 3. The van der Waals surface area contributed by atoms with Gasteiger partial charge in [0, 0.05) is 38.3 Å². The van der Waals surface area contributed by atoms with E-state index < -0.39 is 10.0 Å². The van der Waals surface area contributed by atoms with Gasteiger partial charge in [-0.15, -0.1) is 0 Å². The van der Waals surface area contributed by atoms with Crippen LogP contribution in [0.15, 0.2) is 71.6 Å². The van der Waals surface area contributed by atoms with Crippen LogP contribution in [0.3, 0.4) is 0 Å². The highest BCUT2D eigenvalue weighted by Gasteiger charge is 2.29. The van der Waals surface area contributed by atoms with E-state index in [4.69, 9.17) is 4.74 Å². The minimum absolute atomic E-state index is 0.0956. The first-order valence-corrected chi connectivity index (χ1v) is 12.0. The van der Waals surface area contributed by atoms with Crippen LogP contribution in [0.2, 0.25) is 0 Å². The molecule has 1 saturated heterocycles. The first-order chi connectivity index (χ1) is 15.5. The molecule has 7 nitrogen and oxygen atoms in total. The Balaban J connectivity index is 1.31. The fraction of sp³-hybridized carbons (Fsp3) is 0.292. The molecule has 8 heteroatoms. The molecule has 0 atom stereocenters. The molecule has 3 aromatic rings. The van der Waals surface area contributed by atoms with E-state index in [1.54, 1.807) is 19.2 Å². The number of hydrogen-bond donors (Lipinski definition) is 1. The zero-order valence-corrected chi connectivity index (χ0v) is 18.8. The number of methoxy groups -OCH3 is 1. The molecule has 0 aliphatic carbocycles. The molecule has 1 N–H and O–H groups in total. The lowest BCUT2D eigenvalue weighted by atomic mass is 10.1. The number of nitrogens with one attached hydrogen (secondary N) is 1. The second-order valence-corrected chi connectivity index (χ2v) is 9.72. The average Bonchev–Trinajstić information content (AvgIpc) is 2.83. The van der Waals surface area contributed by atoms with Crippen molar-refractivity contribution < 1.29 is 17.9 Å². The topological polar surface area (TPSA) is 79.0 Å². The SMILES string of the molecule is COc1ccccc1CNC(=O)CN1CCN(S(=O)(=O)c2ccc3ccccc3c2)CC1. The third-order valence-electron chi connectivity index (χ3n) is 5.73. The van der Waals surface area contributed by atoms with E-state index in [0.29, 0.717) is 37.6 Å². The molecule has 1 aliphatic heterocycles. The highest BCUT2D eigenvalue weighted by atomic mass is 32.2. The first-order valence-electron chi connectivity index (χ1n) is 10.6. The average molecular weight is 454 g/mol. The number of carbonyl (C=O) groups is 1. The summed E-state index contributed by atoms with van der Waals surface area (Å²) in [5.74, 6) is 0.641. The summed E-state index contributed by atoms with van der Waals surface area (Å²) in [6.07, 6.45) is 0. The Morgan fingerprint density at radius 3 is 2.38 bits per heavy atom. The number of hydrogen-bond acceptors (Lipinski definition) is 5. The van der Waals surface area contributed by atoms with Crippen molar-refractivity contribution in [1.82, 2.24) is 14.5 Å². The van der Waals surface area contributed by atoms with Crippen LogP contribution >= 0.6 is 0 Å². The number of piperazine rings is 1. The van der Waals surface area contributed by atoms with E-state index in [1.165, 1.54) is 4.31 Å². The molecule has 1 fully saturated rings. The minimum Gasteiger partial charge on any atom is -0.496 e. The van der Waals surface area contributed by atoms with Crippen LogP contribution in [-0.4, -0.2) is 63.4 Å². The summed E-state index contributed by atoms with van der Waals surface area (Å²) >= 11 is 0. The Kier molecular flexibility index (Phi) is 6.74. The van der Waals surface area contributed by atoms with Gasteiger partial charge in [0.2, 0.25) is 15.9 Å². The van der Waals surface area contributed by atoms with Crippen molar-refractivity contribution in [3.05, 3.63) is 72.3 Å². The standard InChI is InChI=1S/C24H27N3O4S/c1-31-23-9-5-4-8-21(23)17-25-24(28)18-26-12-14-27(15-13-26)32(29,30)22-11-10-19-6-2-3-7-20(19)16-22/h2-11,16H,12-15,17-18H2,1H3,(H,25,28). The van der Waals surface area contributed by atoms with Crippen LogP contribution < -0.4 is 10.1 Å². The minimum atomic E-state index is -3.57. The molecule has 0 radical (unpaired) electrons. The molecule has 0 unspecified atom stereocenters. The van der Waals surface area contributed by atoms with E-state index in [-0.39, 0.29) is 12.5 Å². The first kappa shape index (κ1) is 22.3. The van der Waals surface area contributed by atoms with Crippen LogP contribution in [0.5, 0.6) is 5.75 Å². The van der Waals surface area contributed by atoms with Crippen molar-refractivity contribution >= 4 is 26.7 Å². The number of ether oxygens (including phenoxy) is 1. The zero-order chi connectivity index (χ0) is 22.6. The summed E-state index contributed by atoms with van der Waals surface area (Å²) in [5.41, 5.74) is 0.912.